The number of phosphoric ester groups is 2. The lowest BCUT2D eigenvalue weighted by atomic mass is 10.2. The van der Waals surface area contributed by atoms with Crippen molar-refractivity contribution in [2.24, 2.45) is 5.92 Å². The first-order valence-corrected chi connectivity index (χ1v) is 7.63. The van der Waals surface area contributed by atoms with Gasteiger partial charge in [0.05, 0.1) is 13.2 Å². The number of halogens is 2. The van der Waals surface area contributed by atoms with Gasteiger partial charge in [0.2, 0.25) is 0 Å². The molecule has 0 amide bonds. The highest BCUT2D eigenvalue weighted by Crippen LogP contribution is 2.39. The second-order valence-corrected chi connectivity index (χ2v) is 6.31. The third-order valence-corrected chi connectivity index (χ3v) is 2.95. The van der Waals surface area contributed by atoms with Crippen molar-refractivity contribution in [2.75, 3.05) is 13.2 Å². The van der Waals surface area contributed by atoms with Gasteiger partial charge in [-0.15, -0.1) is 23.2 Å². The van der Waals surface area contributed by atoms with Crippen LogP contribution in [-0.4, -0.2) is 37.6 Å². The van der Waals surface area contributed by atoms with E-state index in [-0.39, 0.29) is 0 Å². The van der Waals surface area contributed by atoms with Gasteiger partial charge in [0, 0.05) is 5.92 Å². The molecule has 8 nitrogen and oxygen atoms in total. The minimum absolute atomic E-state index is 0.595. The van der Waals surface area contributed by atoms with Gasteiger partial charge in [-0.1, -0.05) is 0 Å². The van der Waals surface area contributed by atoms with Crippen LogP contribution in [0, 0.1) is 5.92 Å². The quantitative estimate of drug-likeness (QED) is 0.396. The standard InChI is InChI=1S/C4H10Cl2O8P2/c5-4(6)3(1-13-15(7,8)9)2-14-16(10,11)12/h3-4H,1-2H2,(H2,7,8,9)(H2,10,11,12). The van der Waals surface area contributed by atoms with E-state index in [9.17, 15) is 9.13 Å². The van der Waals surface area contributed by atoms with E-state index in [0.717, 1.165) is 0 Å². The predicted molar refractivity (Wildman–Crippen MR) is 55.0 cm³/mol. The number of alkyl halides is 2. The highest BCUT2D eigenvalue weighted by atomic mass is 35.5. The molecule has 0 aromatic carbocycles. The molecule has 0 aliphatic heterocycles. The summed E-state index contributed by atoms with van der Waals surface area (Å²) in [5, 5.41) is 0. The molecule has 98 valence electrons. The van der Waals surface area contributed by atoms with Crippen LogP contribution in [0.4, 0.5) is 0 Å². The van der Waals surface area contributed by atoms with Gasteiger partial charge in [-0.05, 0) is 0 Å². The molecule has 0 aliphatic carbocycles. The van der Waals surface area contributed by atoms with Gasteiger partial charge in [0.1, 0.15) is 4.84 Å². The maximum absolute atomic E-state index is 10.4. The maximum atomic E-state index is 10.4. The molecular weight excluding hydrogens is 309 g/mol. The van der Waals surface area contributed by atoms with Crippen LogP contribution >= 0.6 is 38.8 Å². The van der Waals surface area contributed by atoms with Gasteiger partial charge >= 0.3 is 15.6 Å². The summed E-state index contributed by atoms with van der Waals surface area (Å²) in [5.41, 5.74) is 0. The zero-order valence-electron chi connectivity index (χ0n) is 7.64. The Balaban J connectivity index is 4.19. The van der Waals surface area contributed by atoms with Gasteiger partial charge in [-0.2, -0.15) is 0 Å². The van der Waals surface area contributed by atoms with Crippen molar-refractivity contribution in [1.29, 1.82) is 0 Å². The second kappa shape index (κ2) is 6.66. The highest BCUT2D eigenvalue weighted by Gasteiger charge is 2.26. The lowest BCUT2D eigenvalue weighted by molar-refractivity contribution is 0.123. The normalized spacial score (nSPS) is 13.8. The molecule has 0 rings (SSSR count). The molecule has 0 heterocycles. The largest absolute Gasteiger partial charge is 0.469 e. The van der Waals surface area contributed by atoms with Gasteiger partial charge in [-0.25, -0.2) is 9.13 Å². The van der Waals surface area contributed by atoms with Crippen molar-refractivity contribution in [1.82, 2.24) is 0 Å². The summed E-state index contributed by atoms with van der Waals surface area (Å²) in [4.78, 5) is 32.4. The van der Waals surface area contributed by atoms with E-state index in [1.165, 1.54) is 0 Å². The smallest absolute Gasteiger partial charge is 0.303 e. The third-order valence-electron chi connectivity index (χ3n) is 1.27. The SMILES string of the molecule is O=P(O)(O)OCC(COP(=O)(O)O)C(Cl)Cl. The number of phosphoric acid groups is 2. The lowest BCUT2D eigenvalue weighted by Gasteiger charge is -2.18. The summed E-state index contributed by atoms with van der Waals surface area (Å²) >= 11 is 10.8. The van der Waals surface area contributed by atoms with Crippen LogP contribution in [0.25, 0.3) is 0 Å². The first-order valence-electron chi connectivity index (χ1n) is 3.69. The van der Waals surface area contributed by atoms with E-state index in [1.807, 2.05) is 0 Å². The Morgan fingerprint density at radius 3 is 1.44 bits per heavy atom. The molecule has 0 aliphatic rings. The van der Waals surface area contributed by atoms with E-state index >= 15 is 0 Å². The van der Waals surface area contributed by atoms with Crippen molar-refractivity contribution in [3.8, 4) is 0 Å². The minimum Gasteiger partial charge on any atom is -0.303 e. The van der Waals surface area contributed by atoms with Crippen LogP contribution in [0.15, 0.2) is 0 Å². The number of rotatable bonds is 7. The average Bonchev–Trinajstić information content (AvgIpc) is 1.98. The van der Waals surface area contributed by atoms with Crippen molar-refractivity contribution >= 4 is 38.8 Å². The van der Waals surface area contributed by atoms with Crippen LogP contribution in [0.3, 0.4) is 0 Å². The zero-order chi connectivity index (χ0) is 13.0. The van der Waals surface area contributed by atoms with Crippen molar-refractivity contribution in [3.05, 3.63) is 0 Å². The van der Waals surface area contributed by atoms with Gasteiger partial charge in [0.25, 0.3) is 0 Å². The fourth-order valence-electron chi connectivity index (χ4n) is 0.579. The molecule has 0 aromatic heterocycles. The molecule has 0 fully saturated rings. The summed E-state index contributed by atoms with van der Waals surface area (Å²) in [6.07, 6.45) is 0. The third kappa shape index (κ3) is 9.99. The lowest BCUT2D eigenvalue weighted by Crippen LogP contribution is -2.21. The summed E-state index contributed by atoms with van der Waals surface area (Å²) < 4.78 is 28.9. The Morgan fingerprint density at radius 2 is 1.25 bits per heavy atom. The molecule has 0 spiro atoms. The van der Waals surface area contributed by atoms with Crippen LogP contribution in [-0.2, 0) is 18.2 Å². The number of hydrogen-bond acceptors (Lipinski definition) is 4. The first kappa shape index (κ1) is 16.8. The molecule has 0 unspecified atom stereocenters. The van der Waals surface area contributed by atoms with Crippen LogP contribution in [0.2, 0.25) is 0 Å². The van der Waals surface area contributed by atoms with E-state index in [2.05, 4.69) is 9.05 Å². The van der Waals surface area contributed by atoms with Gasteiger partial charge in [-0.3, -0.25) is 9.05 Å². The first-order chi connectivity index (χ1) is 7.01. The molecule has 16 heavy (non-hydrogen) atoms. The average molecular weight is 319 g/mol. The maximum Gasteiger partial charge on any atom is 0.469 e. The van der Waals surface area contributed by atoms with E-state index in [4.69, 9.17) is 42.8 Å². The summed E-state index contributed by atoms with van der Waals surface area (Å²) in [5.74, 6) is -0.983. The van der Waals surface area contributed by atoms with Crippen LogP contribution in [0.1, 0.15) is 0 Å². The van der Waals surface area contributed by atoms with Crippen molar-refractivity contribution < 1.29 is 37.8 Å². The molecule has 0 saturated heterocycles. The molecule has 4 N–H and O–H groups in total. The highest BCUT2D eigenvalue weighted by molar-refractivity contribution is 7.46. The van der Waals surface area contributed by atoms with Crippen molar-refractivity contribution in [3.63, 3.8) is 0 Å². The fourth-order valence-corrected chi connectivity index (χ4v) is 1.64. The van der Waals surface area contributed by atoms with E-state index < -0.39 is 39.6 Å². The molecular formula is C4H10Cl2O8P2. The molecule has 0 radical (unpaired) electrons. The predicted octanol–water partition coefficient (Wildman–Crippen LogP) is 0.625. The summed E-state index contributed by atoms with van der Waals surface area (Å²) in [7, 11) is -9.38. The van der Waals surface area contributed by atoms with Gasteiger partial charge in [0.15, 0.2) is 0 Å². The number of hydrogen-bond donors (Lipinski definition) is 4. The molecule has 0 saturated carbocycles. The zero-order valence-corrected chi connectivity index (χ0v) is 10.9. The Labute approximate surface area is 101 Å². The topological polar surface area (TPSA) is 134 Å². The van der Waals surface area contributed by atoms with E-state index in [1.54, 1.807) is 0 Å². The minimum atomic E-state index is -4.69. The molecule has 0 atom stereocenters. The Morgan fingerprint density at radius 1 is 0.938 bits per heavy atom. The Kier molecular flexibility index (Phi) is 6.99. The summed E-state index contributed by atoms with van der Waals surface area (Å²) in [6.45, 7) is -1.19. The molecule has 0 bridgehead atoms. The Hall–Kier alpha value is 0.800. The molecule has 0 aromatic rings. The van der Waals surface area contributed by atoms with Crippen LogP contribution < -0.4 is 0 Å². The summed E-state index contributed by atoms with van der Waals surface area (Å²) in [6, 6.07) is 0. The van der Waals surface area contributed by atoms with Gasteiger partial charge < -0.3 is 19.6 Å². The van der Waals surface area contributed by atoms with Crippen LogP contribution in [0.5, 0.6) is 0 Å². The Bertz CT molecular complexity index is 270. The fraction of sp³-hybridized carbons (Fsp3) is 1.00. The van der Waals surface area contributed by atoms with Crippen molar-refractivity contribution in [2.45, 2.75) is 4.84 Å². The molecule has 12 heteroatoms. The van der Waals surface area contributed by atoms with E-state index in [0.29, 0.717) is 0 Å². The second-order valence-electron chi connectivity index (χ2n) is 2.67. The monoisotopic (exact) mass is 318 g/mol.